The van der Waals surface area contributed by atoms with E-state index in [9.17, 15) is 5.11 Å². The van der Waals surface area contributed by atoms with Crippen LogP contribution >= 0.6 is 0 Å². The second-order valence-electron chi connectivity index (χ2n) is 4.11. The minimum Gasteiger partial charge on any atom is -0.392 e. The molecule has 3 nitrogen and oxygen atoms in total. The van der Waals surface area contributed by atoms with Gasteiger partial charge in [-0.25, -0.2) is 0 Å². The Labute approximate surface area is 85.2 Å². The Balaban J connectivity index is 2.49. The number of pyridine rings is 1. The van der Waals surface area contributed by atoms with Gasteiger partial charge in [0, 0.05) is 24.5 Å². The van der Waals surface area contributed by atoms with Gasteiger partial charge in [-0.05, 0) is 32.4 Å². The molecule has 0 saturated heterocycles. The summed E-state index contributed by atoms with van der Waals surface area (Å²) in [5, 5.41) is 12.8. The third-order valence-corrected chi connectivity index (χ3v) is 2.52. The lowest BCUT2D eigenvalue weighted by Crippen LogP contribution is -2.47. The Morgan fingerprint density at radius 3 is 2.79 bits per heavy atom. The fourth-order valence-corrected chi connectivity index (χ4v) is 0.980. The first-order valence-electron chi connectivity index (χ1n) is 4.84. The Morgan fingerprint density at radius 1 is 1.57 bits per heavy atom. The molecule has 1 aromatic heterocycles. The van der Waals surface area contributed by atoms with Crippen molar-refractivity contribution in [2.45, 2.75) is 39.0 Å². The van der Waals surface area contributed by atoms with Gasteiger partial charge in [0.1, 0.15) is 0 Å². The number of nitrogens with one attached hydrogen (secondary N) is 1. The predicted octanol–water partition coefficient (Wildman–Crippen LogP) is 1.33. The van der Waals surface area contributed by atoms with Gasteiger partial charge in [0.25, 0.3) is 0 Å². The zero-order chi connectivity index (χ0) is 10.6. The maximum atomic E-state index is 9.48. The summed E-state index contributed by atoms with van der Waals surface area (Å²) in [6.07, 6.45) is 3.20. The highest BCUT2D eigenvalue weighted by Crippen LogP contribution is 2.09. The summed E-state index contributed by atoms with van der Waals surface area (Å²) in [6, 6.07) is 3.92. The van der Waals surface area contributed by atoms with Crippen molar-refractivity contribution < 1.29 is 5.11 Å². The molecule has 0 amide bonds. The van der Waals surface area contributed by atoms with Gasteiger partial charge in [0.05, 0.1) is 6.10 Å². The average Bonchev–Trinajstić information content (AvgIpc) is 2.16. The lowest BCUT2D eigenvalue weighted by Gasteiger charge is -2.29. The van der Waals surface area contributed by atoms with Crippen molar-refractivity contribution in [3.63, 3.8) is 0 Å². The Bertz CT molecular complexity index is 270. The minimum absolute atomic E-state index is 0.268. The van der Waals surface area contributed by atoms with E-state index in [2.05, 4.69) is 10.3 Å². The number of nitrogens with zero attached hydrogens (tertiary/aromatic N) is 1. The molecule has 1 atom stereocenters. The SMILES string of the molecule is CC(O)C(C)(C)NCc1cccnc1. The molecule has 78 valence electrons. The largest absolute Gasteiger partial charge is 0.392 e. The normalized spacial score (nSPS) is 14.0. The van der Waals surface area contributed by atoms with Crippen molar-refractivity contribution in [1.29, 1.82) is 0 Å². The maximum absolute atomic E-state index is 9.48. The molecule has 0 saturated carbocycles. The Morgan fingerprint density at radius 2 is 2.29 bits per heavy atom. The lowest BCUT2D eigenvalue weighted by molar-refractivity contribution is 0.0956. The molecule has 0 aliphatic rings. The van der Waals surface area contributed by atoms with E-state index in [-0.39, 0.29) is 11.6 Å². The summed E-state index contributed by atoms with van der Waals surface area (Å²) in [6.45, 7) is 6.48. The van der Waals surface area contributed by atoms with Crippen LogP contribution in [0.5, 0.6) is 0 Å². The van der Waals surface area contributed by atoms with E-state index in [1.54, 1.807) is 13.1 Å². The molecule has 0 aromatic carbocycles. The van der Waals surface area contributed by atoms with Crippen LogP contribution in [0.3, 0.4) is 0 Å². The summed E-state index contributed by atoms with van der Waals surface area (Å²) >= 11 is 0. The van der Waals surface area contributed by atoms with Crippen LogP contribution in [0, 0.1) is 0 Å². The molecule has 0 fully saturated rings. The average molecular weight is 194 g/mol. The van der Waals surface area contributed by atoms with Crippen LogP contribution in [0.25, 0.3) is 0 Å². The Hall–Kier alpha value is -0.930. The standard InChI is InChI=1S/C11H18N2O/c1-9(14)11(2,3)13-8-10-5-4-6-12-7-10/h4-7,9,13-14H,8H2,1-3H3. The first-order valence-corrected chi connectivity index (χ1v) is 4.84. The molecule has 3 heteroatoms. The summed E-state index contributed by atoms with van der Waals surface area (Å²) in [5.74, 6) is 0. The highest BCUT2D eigenvalue weighted by molar-refractivity contribution is 5.08. The van der Waals surface area contributed by atoms with Crippen LogP contribution in [-0.2, 0) is 6.54 Å². The van der Waals surface area contributed by atoms with Crippen molar-refractivity contribution in [2.24, 2.45) is 0 Å². The van der Waals surface area contributed by atoms with Gasteiger partial charge < -0.3 is 10.4 Å². The van der Waals surface area contributed by atoms with Crippen molar-refractivity contribution in [1.82, 2.24) is 10.3 Å². The highest BCUT2D eigenvalue weighted by atomic mass is 16.3. The third kappa shape index (κ3) is 3.09. The summed E-state index contributed by atoms with van der Waals surface area (Å²) < 4.78 is 0. The predicted molar refractivity (Wildman–Crippen MR) is 56.8 cm³/mol. The van der Waals surface area contributed by atoms with Gasteiger partial charge in [0.15, 0.2) is 0 Å². The monoisotopic (exact) mass is 194 g/mol. The topological polar surface area (TPSA) is 45.1 Å². The molecule has 0 aliphatic carbocycles. The number of aliphatic hydroxyl groups excluding tert-OH is 1. The summed E-state index contributed by atoms with van der Waals surface area (Å²) in [5.41, 5.74) is 0.858. The van der Waals surface area contributed by atoms with Crippen LogP contribution in [-0.4, -0.2) is 21.7 Å². The van der Waals surface area contributed by atoms with E-state index in [0.29, 0.717) is 0 Å². The summed E-state index contributed by atoms with van der Waals surface area (Å²) in [4.78, 5) is 4.03. The van der Waals surface area contributed by atoms with E-state index in [1.165, 1.54) is 0 Å². The van der Waals surface area contributed by atoms with E-state index in [4.69, 9.17) is 0 Å². The third-order valence-electron chi connectivity index (χ3n) is 2.52. The van der Waals surface area contributed by atoms with Crippen molar-refractivity contribution in [3.05, 3.63) is 30.1 Å². The molecule has 0 radical (unpaired) electrons. The number of hydrogen-bond acceptors (Lipinski definition) is 3. The molecule has 2 N–H and O–H groups in total. The second kappa shape index (κ2) is 4.53. The van der Waals surface area contributed by atoms with E-state index < -0.39 is 0 Å². The molecular formula is C11H18N2O. The van der Waals surface area contributed by atoms with Gasteiger partial charge in [-0.2, -0.15) is 0 Å². The van der Waals surface area contributed by atoms with E-state index >= 15 is 0 Å². The van der Waals surface area contributed by atoms with Gasteiger partial charge >= 0.3 is 0 Å². The lowest BCUT2D eigenvalue weighted by atomic mass is 9.98. The number of rotatable bonds is 4. The zero-order valence-electron chi connectivity index (χ0n) is 8.99. The first kappa shape index (κ1) is 11.1. The minimum atomic E-state index is -0.376. The Kier molecular flexibility index (Phi) is 3.61. The maximum Gasteiger partial charge on any atom is 0.0688 e. The van der Waals surface area contributed by atoms with Crippen molar-refractivity contribution in [2.75, 3.05) is 0 Å². The van der Waals surface area contributed by atoms with Crippen molar-refractivity contribution in [3.8, 4) is 0 Å². The molecule has 0 aliphatic heterocycles. The molecule has 1 unspecified atom stereocenters. The molecular weight excluding hydrogens is 176 g/mol. The number of hydrogen-bond donors (Lipinski definition) is 2. The molecule has 0 spiro atoms. The second-order valence-corrected chi connectivity index (χ2v) is 4.11. The summed E-state index contributed by atoms with van der Waals surface area (Å²) in [7, 11) is 0. The van der Waals surface area contributed by atoms with Gasteiger partial charge in [-0.15, -0.1) is 0 Å². The van der Waals surface area contributed by atoms with E-state index in [0.717, 1.165) is 12.1 Å². The highest BCUT2D eigenvalue weighted by Gasteiger charge is 2.22. The van der Waals surface area contributed by atoms with Gasteiger partial charge in [0.2, 0.25) is 0 Å². The van der Waals surface area contributed by atoms with Crippen LogP contribution in [0.15, 0.2) is 24.5 Å². The van der Waals surface area contributed by atoms with Crippen LogP contribution < -0.4 is 5.32 Å². The van der Waals surface area contributed by atoms with Crippen LogP contribution in [0.4, 0.5) is 0 Å². The number of aliphatic hydroxyl groups is 1. The van der Waals surface area contributed by atoms with Crippen LogP contribution in [0.1, 0.15) is 26.3 Å². The first-order chi connectivity index (χ1) is 6.52. The quantitative estimate of drug-likeness (QED) is 0.760. The van der Waals surface area contributed by atoms with Gasteiger partial charge in [-0.3, -0.25) is 4.98 Å². The smallest absolute Gasteiger partial charge is 0.0688 e. The number of aromatic nitrogens is 1. The van der Waals surface area contributed by atoms with E-state index in [1.807, 2.05) is 32.2 Å². The van der Waals surface area contributed by atoms with Crippen LogP contribution in [0.2, 0.25) is 0 Å². The molecule has 1 heterocycles. The molecule has 14 heavy (non-hydrogen) atoms. The molecule has 1 rings (SSSR count). The molecule has 1 aromatic rings. The van der Waals surface area contributed by atoms with Crippen molar-refractivity contribution >= 4 is 0 Å². The fourth-order valence-electron chi connectivity index (χ4n) is 0.980. The zero-order valence-corrected chi connectivity index (χ0v) is 8.99. The van der Waals surface area contributed by atoms with Gasteiger partial charge in [-0.1, -0.05) is 6.07 Å². The fraction of sp³-hybridized carbons (Fsp3) is 0.545. The molecule has 0 bridgehead atoms.